The summed E-state index contributed by atoms with van der Waals surface area (Å²) in [4.78, 5) is 0. The molecule has 0 aromatic heterocycles. The molecular formula is C22H26NP. The Balaban J connectivity index is 1.97. The second kappa shape index (κ2) is 7.92. The third-order valence-corrected chi connectivity index (χ3v) is 6.94. The van der Waals surface area contributed by atoms with E-state index in [2.05, 4.69) is 105 Å². The molecule has 2 atom stereocenters. The Kier molecular flexibility index (Phi) is 5.66. The first-order valence-electron chi connectivity index (χ1n) is 8.71. The van der Waals surface area contributed by atoms with E-state index in [1.54, 1.807) is 5.31 Å². The summed E-state index contributed by atoms with van der Waals surface area (Å²) in [6.45, 7) is 6.74. The van der Waals surface area contributed by atoms with E-state index in [-0.39, 0.29) is 0 Å². The molecule has 0 amide bonds. The number of allylic oxidation sites excluding steroid dienone is 2. The summed E-state index contributed by atoms with van der Waals surface area (Å²) in [5.74, 6) is 0.457. The lowest BCUT2D eigenvalue weighted by Crippen LogP contribution is -2.38. The van der Waals surface area contributed by atoms with Crippen molar-refractivity contribution in [1.29, 1.82) is 0 Å². The highest BCUT2D eigenvalue weighted by Crippen LogP contribution is 2.49. The molecule has 0 fully saturated rings. The van der Waals surface area contributed by atoms with Crippen LogP contribution < -0.4 is 15.9 Å². The number of hydrogen-bond acceptors (Lipinski definition) is 1. The summed E-state index contributed by atoms with van der Waals surface area (Å²) < 4.78 is 0. The smallest absolute Gasteiger partial charge is 0.0183 e. The Hall–Kier alpha value is -1.69. The minimum atomic E-state index is -0.490. The SMILES string of the molecule is CC(C)N[C@H](C)C1C=CC=C1P(c1ccccc1)c1ccccc1. The van der Waals surface area contributed by atoms with Crippen molar-refractivity contribution in [3.63, 3.8) is 0 Å². The van der Waals surface area contributed by atoms with Crippen molar-refractivity contribution >= 4 is 18.5 Å². The van der Waals surface area contributed by atoms with Crippen molar-refractivity contribution in [2.24, 2.45) is 5.92 Å². The standard InChI is InChI=1S/C22H26NP/c1-17(2)23-18(3)21-15-10-16-22(21)24(19-11-6-4-7-12-19)20-13-8-5-9-14-20/h4-18,21,23H,1-3H3/t18-,21?/m1/s1. The van der Waals surface area contributed by atoms with Crippen LogP contribution in [-0.4, -0.2) is 12.1 Å². The van der Waals surface area contributed by atoms with Crippen LogP contribution in [0.5, 0.6) is 0 Å². The van der Waals surface area contributed by atoms with Crippen molar-refractivity contribution in [3.8, 4) is 0 Å². The van der Waals surface area contributed by atoms with Gasteiger partial charge in [0, 0.05) is 18.0 Å². The highest BCUT2D eigenvalue weighted by molar-refractivity contribution is 7.76. The summed E-state index contributed by atoms with van der Waals surface area (Å²) in [5.41, 5.74) is 0. The average Bonchev–Trinajstić information content (AvgIpc) is 3.06. The molecule has 1 nitrogen and oxygen atoms in total. The molecular weight excluding hydrogens is 309 g/mol. The number of benzene rings is 2. The fraction of sp³-hybridized carbons (Fsp3) is 0.273. The minimum Gasteiger partial charge on any atom is -0.311 e. The molecule has 1 N–H and O–H groups in total. The van der Waals surface area contributed by atoms with Crippen LogP contribution >= 0.6 is 7.92 Å². The molecule has 2 aromatic rings. The summed E-state index contributed by atoms with van der Waals surface area (Å²) in [6, 6.07) is 22.8. The fourth-order valence-electron chi connectivity index (χ4n) is 3.36. The second-order valence-corrected chi connectivity index (χ2v) is 8.84. The van der Waals surface area contributed by atoms with Crippen LogP contribution in [-0.2, 0) is 0 Å². The van der Waals surface area contributed by atoms with Crippen molar-refractivity contribution in [2.45, 2.75) is 32.9 Å². The third kappa shape index (κ3) is 3.86. The number of rotatable bonds is 6. The Morgan fingerprint density at radius 3 is 1.88 bits per heavy atom. The fourth-order valence-corrected chi connectivity index (χ4v) is 6.04. The Morgan fingerprint density at radius 1 is 0.833 bits per heavy atom. The predicted octanol–water partition coefficient (Wildman–Crippen LogP) is 4.58. The van der Waals surface area contributed by atoms with E-state index in [9.17, 15) is 0 Å². The van der Waals surface area contributed by atoms with Gasteiger partial charge < -0.3 is 5.32 Å². The molecule has 0 saturated carbocycles. The normalized spacial score (nSPS) is 18.2. The molecule has 0 bridgehead atoms. The van der Waals surface area contributed by atoms with Crippen LogP contribution in [0.25, 0.3) is 0 Å². The molecule has 0 heterocycles. The summed E-state index contributed by atoms with van der Waals surface area (Å²) in [6.07, 6.45) is 6.94. The largest absolute Gasteiger partial charge is 0.311 e. The molecule has 2 aromatic carbocycles. The molecule has 0 spiro atoms. The predicted molar refractivity (Wildman–Crippen MR) is 108 cm³/mol. The molecule has 0 radical (unpaired) electrons. The first-order chi connectivity index (χ1) is 11.7. The maximum Gasteiger partial charge on any atom is 0.0183 e. The van der Waals surface area contributed by atoms with Crippen molar-refractivity contribution in [3.05, 3.63) is 84.2 Å². The zero-order valence-electron chi connectivity index (χ0n) is 14.7. The van der Waals surface area contributed by atoms with E-state index in [0.717, 1.165) is 0 Å². The van der Waals surface area contributed by atoms with E-state index < -0.39 is 7.92 Å². The van der Waals surface area contributed by atoms with Gasteiger partial charge in [0.05, 0.1) is 0 Å². The maximum absolute atomic E-state index is 3.69. The van der Waals surface area contributed by atoms with Gasteiger partial charge in [0.15, 0.2) is 0 Å². The molecule has 3 rings (SSSR count). The van der Waals surface area contributed by atoms with Gasteiger partial charge >= 0.3 is 0 Å². The van der Waals surface area contributed by atoms with Gasteiger partial charge in [-0.1, -0.05) is 92.7 Å². The molecule has 0 aliphatic heterocycles. The van der Waals surface area contributed by atoms with Gasteiger partial charge in [0.2, 0.25) is 0 Å². The second-order valence-electron chi connectivity index (χ2n) is 6.62. The molecule has 1 unspecified atom stereocenters. The van der Waals surface area contributed by atoms with Gasteiger partial charge in [-0.05, 0) is 30.8 Å². The lowest BCUT2D eigenvalue weighted by atomic mass is 10.0. The van der Waals surface area contributed by atoms with Crippen molar-refractivity contribution in [1.82, 2.24) is 5.32 Å². The monoisotopic (exact) mass is 335 g/mol. The first-order valence-corrected chi connectivity index (χ1v) is 10.1. The van der Waals surface area contributed by atoms with Crippen molar-refractivity contribution in [2.75, 3.05) is 0 Å². The summed E-state index contributed by atoms with van der Waals surface area (Å²) >= 11 is 0. The molecule has 2 heteroatoms. The van der Waals surface area contributed by atoms with Crippen LogP contribution in [0.2, 0.25) is 0 Å². The van der Waals surface area contributed by atoms with E-state index in [4.69, 9.17) is 0 Å². The quantitative estimate of drug-likeness (QED) is 0.762. The highest BCUT2D eigenvalue weighted by Gasteiger charge is 2.29. The van der Waals surface area contributed by atoms with E-state index in [1.165, 1.54) is 10.6 Å². The van der Waals surface area contributed by atoms with Crippen LogP contribution in [0.4, 0.5) is 0 Å². The van der Waals surface area contributed by atoms with Gasteiger partial charge in [0.1, 0.15) is 0 Å². The number of hydrogen-bond donors (Lipinski definition) is 1. The van der Waals surface area contributed by atoms with E-state index >= 15 is 0 Å². The Bertz CT molecular complexity index is 664. The maximum atomic E-state index is 3.69. The highest BCUT2D eigenvalue weighted by atomic mass is 31.1. The van der Waals surface area contributed by atoms with Crippen LogP contribution in [0.1, 0.15) is 20.8 Å². The number of nitrogens with one attached hydrogen (secondary N) is 1. The lowest BCUT2D eigenvalue weighted by Gasteiger charge is -2.30. The van der Waals surface area contributed by atoms with Crippen LogP contribution in [0, 0.1) is 5.92 Å². The lowest BCUT2D eigenvalue weighted by molar-refractivity contribution is 0.444. The zero-order valence-corrected chi connectivity index (χ0v) is 15.6. The molecule has 0 saturated heterocycles. The first kappa shape index (κ1) is 17.1. The van der Waals surface area contributed by atoms with Crippen LogP contribution in [0.15, 0.2) is 84.2 Å². The average molecular weight is 335 g/mol. The van der Waals surface area contributed by atoms with E-state index in [0.29, 0.717) is 18.0 Å². The summed E-state index contributed by atoms with van der Waals surface area (Å²) in [5, 5.41) is 8.09. The van der Waals surface area contributed by atoms with Gasteiger partial charge in [0.25, 0.3) is 0 Å². The van der Waals surface area contributed by atoms with Crippen molar-refractivity contribution < 1.29 is 0 Å². The van der Waals surface area contributed by atoms with E-state index in [1.807, 2.05) is 0 Å². The van der Waals surface area contributed by atoms with Gasteiger partial charge in [-0.15, -0.1) is 0 Å². The van der Waals surface area contributed by atoms with Gasteiger partial charge in [-0.2, -0.15) is 0 Å². The minimum absolute atomic E-state index is 0.437. The Labute approximate surface area is 147 Å². The summed E-state index contributed by atoms with van der Waals surface area (Å²) in [7, 11) is -0.490. The molecule has 24 heavy (non-hydrogen) atoms. The molecule has 1 aliphatic carbocycles. The zero-order chi connectivity index (χ0) is 16.9. The van der Waals surface area contributed by atoms with Gasteiger partial charge in [-0.3, -0.25) is 0 Å². The van der Waals surface area contributed by atoms with Gasteiger partial charge in [-0.25, -0.2) is 0 Å². The van der Waals surface area contributed by atoms with Crippen LogP contribution in [0.3, 0.4) is 0 Å². The molecule has 1 aliphatic rings. The molecule has 124 valence electrons. The topological polar surface area (TPSA) is 12.0 Å². The third-order valence-electron chi connectivity index (χ3n) is 4.35. The Morgan fingerprint density at radius 2 is 1.38 bits per heavy atom.